The molecule has 0 bridgehead atoms. The molecule has 0 fully saturated rings. The Bertz CT molecular complexity index is 1060. The second kappa shape index (κ2) is 19.4. The van der Waals surface area contributed by atoms with Crippen LogP contribution in [-0.2, 0) is 16.1 Å². The zero-order chi connectivity index (χ0) is 23.1. The fourth-order valence-corrected chi connectivity index (χ4v) is 3.78. The first kappa shape index (κ1) is 39.8. The molecule has 8 N–H and O–H groups in total. The summed E-state index contributed by atoms with van der Waals surface area (Å²) in [6.45, 7) is 5.93. The van der Waals surface area contributed by atoms with Crippen molar-refractivity contribution in [3.63, 3.8) is 0 Å². The van der Waals surface area contributed by atoms with Gasteiger partial charge in [-0.2, -0.15) is 5.21 Å². The van der Waals surface area contributed by atoms with Crippen LogP contribution in [0.2, 0.25) is 0 Å². The molecular formula is C24H37N5Na2O6. The van der Waals surface area contributed by atoms with Crippen LogP contribution in [0.1, 0.15) is 48.5 Å². The zero-order valence-corrected chi connectivity index (χ0v) is 26.2. The standard InChI is InChI=1S/C24H29N5O3.2Na.3H2O.2H/c1-4-5-10-21(30)29(22(16(2)3)24(31)32)15-17-11-13-18(14-12-17)19-8-6-7-9-20(19)23-25-27-28-26-23;;;;;;;/h6-9,11-14,16,22H,4-5,10,15H2,1-3H3,(H,31,32)(H,25,26,27,28);;;3*1H2;;/q;2*+1;;;;2*-1/t22-;;;;;;;/m0......./s1. The minimum absolute atomic E-state index is 0. The summed E-state index contributed by atoms with van der Waals surface area (Å²) in [7, 11) is 0. The van der Waals surface area contributed by atoms with E-state index in [1.807, 2.05) is 69.3 Å². The Balaban J connectivity index is -0.000000550. The number of H-pyrrole nitrogens is 1. The van der Waals surface area contributed by atoms with E-state index < -0.39 is 12.0 Å². The molecule has 0 unspecified atom stereocenters. The van der Waals surface area contributed by atoms with Gasteiger partial charge in [-0.05, 0) is 34.2 Å². The van der Waals surface area contributed by atoms with E-state index in [1.54, 1.807) is 0 Å². The Labute approximate surface area is 263 Å². The van der Waals surface area contributed by atoms with Gasteiger partial charge in [-0.25, -0.2) is 4.79 Å². The number of amides is 1. The van der Waals surface area contributed by atoms with Crippen LogP contribution < -0.4 is 59.1 Å². The maximum Gasteiger partial charge on any atom is 1.00 e. The topological polar surface area (TPSA) is 207 Å². The number of carbonyl (C=O) groups is 2. The van der Waals surface area contributed by atoms with Crippen molar-refractivity contribution in [2.75, 3.05) is 0 Å². The van der Waals surface area contributed by atoms with Gasteiger partial charge in [0, 0.05) is 18.5 Å². The molecule has 13 heteroatoms. The van der Waals surface area contributed by atoms with E-state index in [4.69, 9.17) is 0 Å². The number of tetrazole rings is 1. The number of carboxylic acid groups (broad SMARTS) is 1. The number of carbonyl (C=O) groups excluding carboxylic acids is 1. The van der Waals surface area contributed by atoms with E-state index in [9.17, 15) is 14.7 Å². The minimum atomic E-state index is -0.976. The van der Waals surface area contributed by atoms with Crippen molar-refractivity contribution in [1.29, 1.82) is 0 Å². The van der Waals surface area contributed by atoms with Crippen molar-refractivity contribution in [2.45, 2.75) is 52.6 Å². The Morgan fingerprint density at radius 1 is 1.00 bits per heavy atom. The normalized spacial score (nSPS) is 10.4. The van der Waals surface area contributed by atoms with E-state index in [-0.39, 0.29) is 96.8 Å². The van der Waals surface area contributed by atoms with Crippen molar-refractivity contribution in [2.24, 2.45) is 5.92 Å². The van der Waals surface area contributed by atoms with Crippen LogP contribution in [0.5, 0.6) is 0 Å². The summed E-state index contributed by atoms with van der Waals surface area (Å²) in [6, 6.07) is 14.7. The molecule has 0 aliphatic carbocycles. The number of rotatable bonds is 10. The predicted octanol–water partition coefficient (Wildman–Crippen LogP) is -4.08. The third kappa shape index (κ3) is 10.5. The number of nitrogens with zero attached hydrogens (tertiary/aromatic N) is 4. The molecule has 0 spiro atoms. The van der Waals surface area contributed by atoms with E-state index in [0.29, 0.717) is 12.2 Å². The fraction of sp³-hybridized carbons (Fsp3) is 0.375. The van der Waals surface area contributed by atoms with Crippen LogP contribution in [0.25, 0.3) is 22.5 Å². The van der Waals surface area contributed by atoms with Crippen LogP contribution in [0.15, 0.2) is 48.5 Å². The number of carboxylic acids is 1. The van der Waals surface area contributed by atoms with Gasteiger partial charge in [0.15, 0.2) is 0 Å². The predicted molar refractivity (Wildman–Crippen MR) is 134 cm³/mol. The van der Waals surface area contributed by atoms with Crippen molar-refractivity contribution >= 4 is 11.9 Å². The van der Waals surface area contributed by atoms with Gasteiger partial charge in [-0.3, -0.25) is 4.79 Å². The SMILES string of the molecule is CCCCC(=O)N(Cc1ccc(-c2ccccc2-c2nn[nH]n2)cc1)[C@H](C(=O)O)C(C)C.O.O.O.[H-].[H-].[Na+].[Na+]. The van der Waals surface area contributed by atoms with Gasteiger partial charge in [0.2, 0.25) is 11.7 Å². The van der Waals surface area contributed by atoms with Crippen LogP contribution in [0, 0.1) is 5.92 Å². The molecule has 196 valence electrons. The van der Waals surface area contributed by atoms with E-state index in [1.165, 1.54) is 4.90 Å². The van der Waals surface area contributed by atoms with Gasteiger partial charge < -0.3 is 29.3 Å². The van der Waals surface area contributed by atoms with Gasteiger partial charge in [-0.15, -0.1) is 10.2 Å². The summed E-state index contributed by atoms with van der Waals surface area (Å²) in [5, 5.41) is 24.0. The molecule has 0 radical (unpaired) electrons. The summed E-state index contributed by atoms with van der Waals surface area (Å²) in [5.41, 5.74) is 3.66. The van der Waals surface area contributed by atoms with Gasteiger partial charge in [0.05, 0.1) is 0 Å². The molecule has 37 heavy (non-hydrogen) atoms. The van der Waals surface area contributed by atoms with Crippen LogP contribution in [0.4, 0.5) is 0 Å². The first-order valence-electron chi connectivity index (χ1n) is 10.9. The minimum Gasteiger partial charge on any atom is -1.00 e. The number of aromatic amines is 1. The first-order chi connectivity index (χ1) is 15.4. The zero-order valence-electron chi connectivity index (χ0n) is 24.2. The summed E-state index contributed by atoms with van der Waals surface area (Å²) >= 11 is 0. The fourth-order valence-electron chi connectivity index (χ4n) is 3.78. The van der Waals surface area contributed by atoms with Crippen LogP contribution in [-0.4, -0.2) is 65.0 Å². The van der Waals surface area contributed by atoms with E-state index in [2.05, 4.69) is 20.6 Å². The number of benzene rings is 2. The number of aliphatic carboxylic acids is 1. The molecule has 11 nitrogen and oxygen atoms in total. The van der Waals surface area contributed by atoms with Crippen molar-refractivity contribution < 1.29 is 93.1 Å². The third-order valence-corrected chi connectivity index (χ3v) is 5.42. The second-order valence-electron chi connectivity index (χ2n) is 8.13. The molecule has 0 aliphatic rings. The van der Waals surface area contributed by atoms with Gasteiger partial charge in [0.1, 0.15) is 6.04 Å². The quantitative estimate of drug-likeness (QED) is 0.246. The van der Waals surface area contributed by atoms with Crippen molar-refractivity contribution in [3.05, 3.63) is 54.1 Å². The molecule has 1 aromatic heterocycles. The average molecular weight is 538 g/mol. The van der Waals surface area contributed by atoms with Crippen LogP contribution in [0.3, 0.4) is 0 Å². The summed E-state index contributed by atoms with van der Waals surface area (Å²) in [4.78, 5) is 26.3. The smallest absolute Gasteiger partial charge is 1.00 e. The molecule has 0 aliphatic heterocycles. The Morgan fingerprint density at radius 3 is 2.08 bits per heavy atom. The third-order valence-electron chi connectivity index (χ3n) is 5.42. The second-order valence-corrected chi connectivity index (χ2v) is 8.13. The maximum absolute atomic E-state index is 12.9. The van der Waals surface area contributed by atoms with Gasteiger partial charge in [-0.1, -0.05) is 75.7 Å². The van der Waals surface area contributed by atoms with E-state index in [0.717, 1.165) is 35.1 Å². The number of hydrogen-bond donors (Lipinski definition) is 2. The molecule has 3 rings (SSSR count). The number of unbranched alkanes of at least 4 members (excludes halogenated alkanes) is 1. The largest absolute Gasteiger partial charge is 1.00 e. The molecule has 2 aromatic carbocycles. The van der Waals surface area contributed by atoms with Gasteiger partial charge >= 0.3 is 65.1 Å². The Hall–Kier alpha value is -1.67. The molecule has 0 saturated carbocycles. The van der Waals surface area contributed by atoms with Crippen LogP contribution >= 0.6 is 0 Å². The van der Waals surface area contributed by atoms with Gasteiger partial charge in [0.25, 0.3) is 0 Å². The summed E-state index contributed by atoms with van der Waals surface area (Å²) in [5.74, 6) is -0.784. The van der Waals surface area contributed by atoms with Crippen molar-refractivity contribution in [1.82, 2.24) is 25.5 Å². The maximum atomic E-state index is 12.9. The Kier molecular flexibility index (Phi) is 20.9. The molecule has 0 saturated heterocycles. The average Bonchev–Trinajstić information content (AvgIpc) is 3.32. The number of hydrogen-bond acceptors (Lipinski definition) is 5. The molecular weight excluding hydrogens is 500 g/mol. The first-order valence-corrected chi connectivity index (χ1v) is 10.9. The molecule has 1 heterocycles. The summed E-state index contributed by atoms with van der Waals surface area (Å²) < 4.78 is 0. The van der Waals surface area contributed by atoms with Crippen molar-refractivity contribution in [3.8, 4) is 22.5 Å². The molecule has 1 amide bonds. The molecule has 3 aromatic rings. The Morgan fingerprint density at radius 2 is 1.59 bits per heavy atom. The summed E-state index contributed by atoms with van der Waals surface area (Å²) in [6.07, 6.45) is 1.97. The number of aromatic nitrogens is 4. The molecule has 1 atom stereocenters. The number of nitrogens with one attached hydrogen (secondary N) is 1. The monoisotopic (exact) mass is 537 g/mol. The van der Waals surface area contributed by atoms with E-state index >= 15 is 0 Å².